The molecule has 2 aromatic heterocycles. The Morgan fingerprint density at radius 3 is 2.80 bits per heavy atom. The average molecular weight is 550 g/mol. The summed E-state index contributed by atoms with van der Waals surface area (Å²) < 4.78 is 27.3. The zero-order chi connectivity index (χ0) is 28.5. The van der Waals surface area contributed by atoms with Crippen LogP contribution in [0.15, 0.2) is 16.9 Å². The molecule has 0 radical (unpaired) electrons. The zero-order valence-corrected chi connectivity index (χ0v) is 23.0. The lowest BCUT2D eigenvalue weighted by Crippen LogP contribution is -2.44. The summed E-state index contributed by atoms with van der Waals surface area (Å²) in [6, 6.07) is 2.68. The molecule has 1 aromatic carbocycles. The minimum Gasteiger partial charge on any atom is -0.458 e. The third-order valence-corrected chi connectivity index (χ3v) is 8.64. The predicted octanol–water partition coefficient (Wildman–Crippen LogP) is 3.45. The van der Waals surface area contributed by atoms with Gasteiger partial charge in [-0.2, -0.15) is 0 Å². The van der Waals surface area contributed by atoms with Gasteiger partial charge in [-0.05, 0) is 62.8 Å². The summed E-state index contributed by atoms with van der Waals surface area (Å²) in [6.45, 7) is 7.62. The van der Waals surface area contributed by atoms with E-state index in [1.807, 2.05) is 13.8 Å². The number of halogens is 1. The number of aryl methyl sites for hydroxylation is 1. The molecule has 10 heteroatoms. The molecule has 3 aliphatic rings. The second kappa shape index (κ2) is 9.49. The monoisotopic (exact) mass is 549 g/mol. The summed E-state index contributed by atoms with van der Waals surface area (Å²) in [5, 5.41) is 15.2. The van der Waals surface area contributed by atoms with E-state index in [-0.39, 0.29) is 66.5 Å². The molecule has 0 spiro atoms. The van der Waals surface area contributed by atoms with Crippen molar-refractivity contribution in [3.63, 3.8) is 0 Å². The normalized spacial score (nSPS) is 21.4. The fraction of sp³-hybridized carbons (Fsp3) is 0.467. The number of fused-ring (bicyclic) bond motifs is 5. The van der Waals surface area contributed by atoms with E-state index in [2.05, 4.69) is 5.32 Å². The van der Waals surface area contributed by atoms with Gasteiger partial charge in [-0.25, -0.2) is 14.2 Å². The van der Waals surface area contributed by atoms with E-state index in [0.717, 1.165) is 22.1 Å². The van der Waals surface area contributed by atoms with Crippen LogP contribution in [-0.2, 0) is 44.2 Å². The summed E-state index contributed by atoms with van der Waals surface area (Å²) in [7, 11) is 0. The highest BCUT2D eigenvalue weighted by atomic mass is 19.1. The lowest BCUT2D eigenvalue weighted by atomic mass is 9.81. The fourth-order valence-electron chi connectivity index (χ4n) is 6.56. The van der Waals surface area contributed by atoms with E-state index in [9.17, 15) is 19.5 Å². The Balaban J connectivity index is 1.55. The summed E-state index contributed by atoms with van der Waals surface area (Å²) >= 11 is 0. The maximum Gasteiger partial charge on any atom is 0.343 e. The highest BCUT2D eigenvalue weighted by Gasteiger charge is 2.46. The number of carbonyl (C=O) groups excluding carboxylic acids is 2. The number of hydrogen-bond acceptors (Lipinski definition) is 7. The Morgan fingerprint density at radius 1 is 1.30 bits per heavy atom. The first-order valence-corrected chi connectivity index (χ1v) is 13.8. The Bertz CT molecular complexity index is 1660. The van der Waals surface area contributed by atoms with Crippen LogP contribution >= 0.6 is 0 Å². The van der Waals surface area contributed by atoms with Crippen LogP contribution in [0.4, 0.5) is 4.39 Å². The topological polar surface area (TPSA) is 120 Å². The van der Waals surface area contributed by atoms with Gasteiger partial charge in [0.15, 0.2) is 5.60 Å². The molecule has 2 aliphatic heterocycles. The number of pyridine rings is 2. The molecule has 0 saturated carbocycles. The number of cyclic esters (lactones) is 1. The molecule has 40 heavy (non-hydrogen) atoms. The van der Waals surface area contributed by atoms with Crippen LogP contribution in [0.3, 0.4) is 0 Å². The van der Waals surface area contributed by atoms with Crippen LogP contribution < -0.4 is 10.9 Å². The number of benzene rings is 1. The number of carbonyl (C=O) groups is 2. The molecular weight excluding hydrogens is 517 g/mol. The van der Waals surface area contributed by atoms with E-state index in [0.29, 0.717) is 41.9 Å². The molecule has 2 N–H and O–H groups in total. The molecule has 0 saturated heterocycles. The van der Waals surface area contributed by atoms with Gasteiger partial charge in [0.1, 0.15) is 12.4 Å². The Morgan fingerprint density at radius 2 is 2.08 bits per heavy atom. The SMILES string of the molecule is CCO[C@@H](C)CC(=O)N[C@H]1CCc2c(C)c(F)cc3nc4c(c1c23)Cn1c-4cc2c(c1=O)COC(=O)[C@]2(O)CC. The van der Waals surface area contributed by atoms with Gasteiger partial charge in [-0.15, -0.1) is 0 Å². The fourth-order valence-corrected chi connectivity index (χ4v) is 6.56. The second-order valence-corrected chi connectivity index (χ2v) is 10.9. The molecule has 9 nitrogen and oxygen atoms in total. The standard InChI is InChI=1S/C30H32FN3O6/c1-5-30(38)19-10-23-27-17(12-34(23)28(36)18(19)13-40-29(30)37)26-21(32-24(35)9-14(3)39-6-2)8-7-16-15(4)20(31)11-22(33-27)25(16)26/h10-11,14,21,38H,5-9,12-13H2,1-4H3,(H,32,35)/t14-,21-,30-/m0/s1. The summed E-state index contributed by atoms with van der Waals surface area (Å²) in [5.74, 6) is -1.31. The molecule has 1 amide bonds. The number of amides is 1. The molecule has 4 heterocycles. The number of aliphatic hydroxyl groups is 1. The van der Waals surface area contributed by atoms with Gasteiger partial charge in [0.2, 0.25) is 5.91 Å². The van der Waals surface area contributed by atoms with E-state index >= 15 is 4.39 Å². The van der Waals surface area contributed by atoms with E-state index in [1.165, 1.54) is 6.07 Å². The Labute approximate surface area is 230 Å². The van der Waals surface area contributed by atoms with Crippen molar-refractivity contribution in [1.82, 2.24) is 14.9 Å². The molecule has 6 rings (SSSR count). The molecule has 3 atom stereocenters. The summed E-state index contributed by atoms with van der Waals surface area (Å²) in [5.41, 5.74) is 2.53. The Kier molecular flexibility index (Phi) is 6.30. The van der Waals surface area contributed by atoms with Crippen molar-refractivity contribution in [3.8, 4) is 11.4 Å². The van der Waals surface area contributed by atoms with E-state index < -0.39 is 11.6 Å². The lowest BCUT2D eigenvalue weighted by molar-refractivity contribution is -0.172. The first-order chi connectivity index (χ1) is 19.1. The summed E-state index contributed by atoms with van der Waals surface area (Å²) in [6.07, 6.45) is 1.14. The Hall–Kier alpha value is -3.63. The molecule has 0 fully saturated rings. The second-order valence-electron chi connectivity index (χ2n) is 10.9. The molecule has 0 bridgehead atoms. The highest BCUT2D eigenvalue weighted by molar-refractivity contribution is 5.94. The van der Waals surface area contributed by atoms with Gasteiger partial charge in [-0.1, -0.05) is 6.92 Å². The zero-order valence-electron chi connectivity index (χ0n) is 23.0. The van der Waals surface area contributed by atoms with Crippen molar-refractivity contribution >= 4 is 22.8 Å². The van der Waals surface area contributed by atoms with Crippen LogP contribution in [0.5, 0.6) is 0 Å². The van der Waals surface area contributed by atoms with Gasteiger partial charge in [0.05, 0.1) is 47.6 Å². The summed E-state index contributed by atoms with van der Waals surface area (Å²) in [4.78, 5) is 44.1. The van der Waals surface area contributed by atoms with E-state index in [4.69, 9.17) is 14.5 Å². The largest absolute Gasteiger partial charge is 0.458 e. The third kappa shape index (κ3) is 3.80. The smallest absolute Gasteiger partial charge is 0.343 e. The average Bonchev–Trinajstić information content (AvgIpc) is 3.29. The number of nitrogens with zero attached hydrogens (tertiary/aromatic N) is 2. The van der Waals surface area contributed by atoms with Gasteiger partial charge < -0.3 is 24.5 Å². The number of ether oxygens (including phenoxy) is 2. The van der Waals surface area contributed by atoms with Gasteiger partial charge in [0, 0.05) is 29.2 Å². The first kappa shape index (κ1) is 26.6. The highest BCUT2D eigenvalue weighted by Crippen LogP contribution is 2.45. The van der Waals surface area contributed by atoms with Gasteiger partial charge in [-0.3, -0.25) is 9.59 Å². The molecule has 3 aromatic rings. The number of rotatable bonds is 6. The van der Waals surface area contributed by atoms with Crippen molar-refractivity contribution in [2.24, 2.45) is 0 Å². The van der Waals surface area contributed by atoms with Gasteiger partial charge >= 0.3 is 5.97 Å². The third-order valence-electron chi connectivity index (χ3n) is 8.64. The van der Waals surface area contributed by atoms with Crippen LogP contribution in [0.2, 0.25) is 0 Å². The maximum absolute atomic E-state index is 15.0. The van der Waals surface area contributed by atoms with Crippen molar-refractivity contribution in [3.05, 3.63) is 61.7 Å². The lowest BCUT2D eigenvalue weighted by Gasteiger charge is -2.31. The van der Waals surface area contributed by atoms with Gasteiger partial charge in [0.25, 0.3) is 5.56 Å². The maximum atomic E-state index is 15.0. The quantitative estimate of drug-likeness (QED) is 0.354. The number of nitrogens with one attached hydrogen (secondary N) is 1. The first-order valence-electron chi connectivity index (χ1n) is 13.8. The predicted molar refractivity (Wildman–Crippen MR) is 144 cm³/mol. The molecule has 210 valence electrons. The van der Waals surface area contributed by atoms with Crippen LogP contribution in [0, 0.1) is 12.7 Å². The molecule has 1 aliphatic carbocycles. The van der Waals surface area contributed by atoms with Crippen LogP contribution in [-0.4, -0.2) is 39.2 Å². The minimum absolute atomic E-state index is 0.0348. The number of hydrogen-bond donors (Lipinski definition) is 2. The van der Waals surface area contributed by atoms with Crippen molar-refractivity contribution in [1.29, 1.82) is 0 Å². The van der Waals surface area contributed by atoms with Crippen LogP contribution in [0.1, 0.15) is 79.5 Å². The van der Waals surface area contributed by atoms with Crippen molar-refractivity contribution in [2.45, 2.75) is 84.3 Å². The minimum atomic E-state index is -1.94. The van der Waals surface area contributed by atoms with Crippen LogP contribution in [0.25, 0.3) is 22.3 Å². The van der Waals surface area contributed by atoms with E-state index in [1.54, 1.807) is 24.5 Å². The number of esters is 1. The molecule has 0 unspecified atom stereocenters. The molecular formula is C30H32FN3O6. The van der Waals surface area contributed by atoms with Crippen molar-refractivity contribution < 1.29 is 28.6 Å². The number of aromatic nitrogens is 2. The van der Waals surface area contributed by atoms with Crippen molar-refractivity contribution in [2.75, 3.05) is 6.61 Å².